The Balaban J connectivity index is 3.06. The number of nitrogens with two attached hydrogens (primary N) is 3. The molecule has 0 saturated heterocycles. The van der Waals surface area contributed by atoms with Crippen molar-refractivity contribution in [3.05, 3.63) is 24.3 Å². The van der Waals surface area contributed by atoms with Crippen LogP contribution in [-0.2, 0) is 10.0 Å². The molecule has 15 heavy (non-hydrogen) atoms. The highest BCUT2D eigenvalue weighted by Crippen LogP contribution is 2.14. The van der Waals surface area contributed by atoms with E-state index in [0.717, 1.165) is 5.01 Å². The van der Waals surface area contributed by atoms with Gasteiger partial charge >= 0.3 is 0 Å². The van der Waals surface area contributed by atoms with Gasteiger partial charge in [-0.25, -0.2) is 19.4 Å². The van der Waals surface area contributed by atoms with E-state index in [0.29, 0.717) is 5.69 Å². The van der Waals surface area contributed by atoms with Crippen LogP contribution in [0.5, 0.6) is 0 Å². The Hall–Kier alpha value is -1.22. The summed E-state index contributed by atoms with van der Waals surface area (Å²) in [7, 11) is -3.69. The molecule has 0 saturated carbocycles. The van der Waals surface area contributed by atoms with Crippen LogP contribution in [0.1, 0.15) is 0 Å². The first-order valence-electron chi connectivity index (χ1n) is 3.79. The molecule has 0 atom stereocenters. The molecule has 6 nitrogen and oxygen atoms in total. The van der Waals surface area contributed by atoms with E-state index in [4.69, 9.17) is 16.7 Å². The van der Waals surface area contributed by atoms with Gasteiger partial charge < -0.3 is 5.73 Å². The van der Waals surface area contributed by atoms with Crippen LogP contribution in [0.2, 0.25) is 0 Å². The minimum atomic E-state index is -3.69. The molecule has 0 aliphatic carbocycles. The Kier molecular flexibility index (Phi) is 3.25. The van der Waals surface area contributed by atoms with E-state index >= 15 is 0 Å². The van der Waals surface area contributed by atoms with Crippen molar-refractivity contribution in [2.75, 3.05) is 5.01 Å². The molecule has 0 aliphatic heterocycles. The summed E-state index contributed by atoms with van der Waals surface area (Å²) < 4.78 is 21.9. The van der Waals surface area contributed by atoms with Crippen molar-refractivity contribution in [2.24, 2.45) is 16.7 Å². The van der Waals surface area contributed by atoms with Crippen LogP contribution >= 0.6 is 12.2 Å². The monoisotopic (exact) mass is 246 g/mol. The van der Waals surface area contributed by atoms with Crippen LogP contribution in [0.3, 0.4) is 0 Å². The normalized spacial score (nSPS) is 11.1. The third kappa shape index (κ3) is 2.86. The Morgan fingerprint density at radius 3 is 2.07 bits per heavy atom. The number of hydrazine groups is 1. The van der Waals surface area contributed by atoms with Gasteiger partial charge in [0, 0.05) is 0 Å². The molecule has 82 valence electrons. The lowest BCUT2D eigenvalue weighted by Crippen LogP contribution is -2.41. The van der Waals surface area contributed by atoms with Gasteiger partial charge in [0.15, 0.2) is 5.11 Å². The number of hydrogen-bond donors (Lipinski definition) is 3. The predicted molar refractivity (Wildman–Crippen MR) is 61.3 cm³/mol. The number of primary sulfonamides is 1. The zero-order valence-electron chi connectivity index (χ0n) is 7.62. The maximum Gasteiger partial charge on any atom is 0.238 e. The summed E-state index contributed by atoms with van der Waals surface area (Å²) in [4.78, 5) is 0.00240. The number of nitrogens with zero attached hydrogens (tertiary/aromatic N) is 1. The van der Waals surface area contributed by atoms with Crippen molar-refractivity contribution < 1.29 is 8.42 Å². The fourth-order valence-electron chi connectivity index (χ4n) is 0.924. The lowest BCUT2D eigenvalue weighted by atomic mass is 10.3. The molecule has 1 aromatic rings. The van der Waals surface area contributed by atoms with E-state index in [2.05, 4.69) is 12.2 Å². The van der Waals surface area contributed by atoms with E-state index < -0.39 is 10.0 Å². The predicted octanol–water partition coefficient (Wildman–Crippen LogP) is -0.742. The van der Waals surface area contributed by atoms with Crippen LogP contribution in [0.4, 0.5) is 5.69 Å². The first kappa shape index (κ1) is 11.9. The smallest absolute Gasteiger partial charge is 0.238 e. The molecule has 0 spiro atoms. The summed E-state index contributed by atoms with van der Waals surface area (Å²) >= 11 is 4.64. The van der Waals surface area contributed by atoms with Crippen molar-refractivity contribution >= 4 is 33.0 Å². The van der Waals surface area contributed by atoms with Crippen LogP contribution in [0.15, 0.2) is 29.2 Å². The molecule has 0 aliphatic rings. The summed E-state index contributed by atoms with van der Waals surface area (Å²) in [5, 5.41) is 5.96. The topological polar surface area (TPSA) is 115 Å². The van der Waals surface area contributed by atoms with Gasteiger partial charge in [-0.3, -0.25) is 5.01 Å². The molecule has 8 heteroatoms. The minimum Gasteiger partial charge on any atom is -0.375 e. The summed E-state index contributed by atoms with van der Waals surface area (Å²) in [6.07, 6.45) is 0. The second-order valence-corrected chi connectivity index (χ2v) is 4.73. The van der Waals surface area contributed by atoms with Crippen LogP contribution in [0, 0.1) is 0 Å². The number of anilines is 1. The Labute approximate surface area is 92.7 Å². The lowest BCUT2D eigenvalue weighted by molar-refractivity contribution is 0.598. The maximum atomic E-state index is 10.9. The van der Waals surface area contributed by atoms with Crippen molar-refractivity contribution in [3.8, 4) is 0 Å². The number of rotatable bonds is 2. The van der Waals surface area contributed by atoms with Gasteiger partial charge in [-0.2, -0.15) is 0 Å². The van der Waals surface area contributed by atoms with Gasteiger partial charge in [0.05, 0.1) is 10.6 Å². The number of benzene rings is 1. The van der Waals surface area contributed by atoms with E-state index in [9.17, 15) is 8.42 Å². The summed E-state index contributed by atoms with van der Waals surface area (Å²) in [6.45, 7) is 0. The quantitative estimate of drug-likeness (QED) is 0.359. The first-order valence-corrected chi connectivity index (χ1v) is 5.75. The third-order valence-corrected chi connectivity index (χ3v) is 2.81. The van der Waals surface area contributed by atoms with Gasteiger partial charge in [-0.05, 0) is 36.5 Å². The average Bonchev–Trinajstić information content (AvgIpc) is 2.15. The molecular formula is C7H10N4O2S2. The Morgan fingerprint density at radius 1 is 1.27 bits per heavy atom. The van der Waals surface area contributed by atoms with Crippen molar-refractivity contribution in [2.45, 2.75) is 4.90 Å². The number of sulfonamides is 1. The molecule has 0 bridgehead atoms. The standard InChI is InChI=1S/C7H10N4O2S2/c8-7(14)11(9)5-1-3-6(4-2-5)15(10,12)13/h1-4H,9H2,(H2,8,14)(H2,10,12,13). The molecule has 1 rings (SSSR count). The highest BCUT2D eigenvalue weighted by atomic mass is 32.2. The molecule has 1 aromatic carbocycles. The lowest BCUT2D eigenvalue weighted by Gasteiger charge is -2.15. The van der Waals surface area contributed by atoms with E-state index in [1.54, 1.807) is 0 Å². The largest absolute Gasteiger partial charge is 0.375 e. The van der Waals surface area contributed by atoms with Gasteiger partial charge in [0.25, 0.3) is 0 Å². The van der Waals surface area contributed by atoms with Gasteiger partial charge in [0.1, 0.15) is 0 Å². The first-order chi connectivity index (χ1) is 6.82. The van der Waals surface area contributed by atoms with Gasteiger partial charge in [0.2, 0.25) is 10.0 Å². The molecule has 0 aromatic heterocycles. The van der Waals surface area contributed by atoms with Crippen LogP contribution in [-0.4, -0.2) is 13.5 Å². The van der Waals surface area contributed by atoms with Crippen molar-refractivity contribution in [1.82, 2.24) is 0 Å². The maximum absolute atomic E-state index is 10.9. The van der Waals surface area contributed by atoms with Crippen molar-refractivity contribution in [1.29, 1.82) is 0 Å². The zero-order valence-corrected chi connectivity index (χ0v) is 9.25. The molecule has 6 N–H and O–H groups in total. The molecule has 0 unspecified atom stereocenters. The molecule has 0 fully saturated rings. The SMILES string of the molecule is NC(=S)N(N)c1ccc(S(N)(=O)=O)cc1. The highest BCUT2D eigenvalue weighted by Gasteiger charge is 2.09. The summed E-state index contributed by atoms with van der Waals surface area (Å²) in [6, 6.07) is 5.56. The molecular weight excluding hydrogens is 236 g/mol. The van der Waals surface area contributed by atoms with Crippen LogP contribution < -0.4 is 21.7 Å². The molecule has 0 amide bonds. The third-order valence-electron chi connectivity index (χ3n) is 1.68. The number of thiocarbonyl (C=S) groups is 1. The van der Waals surface area contributed by atoms with E-state index in [1.165, 1.54) is 24.3 Å². The second kappa shape index (κ2) is 4.11. The zero-order chi connectivity index (χ0) is 11.6. The van der Waals surface area contributed by atoms with Gasteiger partial charge in [-0.1, -0.05) is 0 Å². The summed E-state index contributed by atoms with van der Waals surface area (Å²) in [5.74, 6) is 5.48. The van der Waals surface area contributed by atoms with E-state index in [-0.39, 0.29) is 10.0 Å². The second-order valence-electron chi connectivity index (χ2n) is 2.75. The van der Waals surface area contributed by atoms with Crippen LogP contribution in [0.25, 0.3) is 0 Å². The summed E-state index contributed by atoms with van der Waals surface area (Å²) in [5.41, 5.74) is 5.76. The Morgan fingerprint density at radius 2 is 1.73 bits per heavy atom. The minimum absolute atomic E-state index is 0.00240. The van der Waals surface area contributed by atoms with Crippen molar-refractivity contribution in [3.63, 3.8) is 0 Å². The van der Waals surface area contributed by atoms with Gasteiger partial charge in [-0.15, -0.1) is 0 Å². The number of hydrogen-bond acceptors (Lipinski definition) is 4. The van der Waals surface area contributed by atoms with E-state index in [1.807, 2.05) is 0 Å². The Bertz CT molecular complexity index is 468. The highest BCUT2D eigenvalue weighted by molar-refractivity contribution is 7.89. The fraction of sp³-hybridized carbons (Fsp3) is 0. The average molecular weight is 246 g/mol. The fourth-order valence-corrected chi connectivity index (χ4v) is 1.54. The molecule has 0 heterocycles. The molecule has 0 radical (unpaired) electrons.